The summed E-state index contributed by atoms with van der Waals surface area (Å²) in [4.78, 5) is 34.8. The second-order valence-electron chi connectivity index (χ2n) is 10.4. The summed E-state index contributed by atoms with van der Waals surface area (Å²) in [6.07, 6.45) is -3.61. The van der Waals surface area contributed by atoms with Crippen LogP contribution in [0.5, 0.6) is 0 Å². The van der Waals surface area contributed by atoms with E-state index in [2.05, 4.69) is 21.2 Å². The van der Waals surface area contributed by atoms with Crippen LogP contribution in [0.1, 0.15) is 68.0 Å². The van der Waals surface area contributed by atoms with E-state index in [0.29, 0.717) is 43.7 Å². The molecule has 0 aliphatic carbocycles. The molecule has 1 unspecified atom stereocenters. The summed E-state index contributed by atoms with van der Waals surface area (Å²) in [5.74, 6) is -0.479. The summed E-state index contributed by atoms with van der Waals surface area (Å²) < 4.78 is 44.5. The van der Waals surface area contributed by atoms with Crippen molar-refractivity contribution in [3.8, 4) is 6.07 Å². The predicted octanol–water partition coefficient (Wildman–Crippen LogP) is 5.90. The van der Waals surface area contributed by atoms with E-state index < -0.39 is 34.6 Å². The van der Waals surface area contributed by atoms with Crippen molar-refractivity contribution in [1.29, 1.82) is 5.26 Å². The van der Waals surface area contributed by atoms with E-state index in [1.165, 1.54) is 12.1 Å². The van der Waals surface area contributed by atoms with Gasteiger partial charge in [0.2, 0.25) is 11.6 Å². The normalized spacial score (nSPS) is 15.0. The number of alkyl carbamates (subject to hydrolysis) is 1. The second-order valence-corrected chi connectivity index (χ2v) is 11.5. The number of pyridine rings is 1. The number of hydrogen-bond acceptors (Lipinski definition) is 7. The van der Waals surface area contributed by atoms with Gasteiger partial charge in [-0.05, 0) is 63.3 Å². The molecule has 41 heavy (non-hydrogen) atoms. The summed E-state index contributed by atoms with van der Waals surface area (Å²) in [7, 11) is 0. The summed E-state index contributed by atoms with van der Waals surface area (Å²) in [5.41, 5.74) is 5.16. The molecule has 1 fully saturated rings. The number of primary amides is 1. The van der Waals surface area contributed by atoms with Gasteiger partial charge >= 0.3 is 12.3 Å². The number of halogens is 3. The minimum absolute atomic E-state index is 0.117. The number of aromatic nitrogens is 1. The molecule has 218 valence electrons. The molecule has 0 bridgehead atoms. The van der Waals surface area contributed by atoms with Crippen LogP contribution in [0.3, 0.4) is 0 Å². The lowest BCUT2D eigenvalue weighted by atomic mass is 10.0. The van der Waals surface area contributed by atoms with Crippen LogP contribution in [0.4, 0.5) is 29.5 Å². The summed E-state index contributed by atoms with van der Waals surface area (Å²) in [6, 6.07) is 6.02. The molecule has 2 heterocycles. The lowest BCUT2D eigenvalue weighted by molar-refractivity contribution is -0.137. The molecular weight excluding hydrogens is 557 g/mol. The Labute approximate surface area is 241 Å². The third kappa shape index (κ3) is 7.82. The molecule has 2 amide bonds. The molecule has 13 heteroatoms. The molecule has 3 rings (SSSR count). The van der Waals surface area contributed by atoms with Gasteiger partial charge in [0.15, 0.2) is 0 Å². The van der Waals surface area contributed by atoms with Crippen LogP contribution in [0, 0.1) is 17.9 Å². The van der Waals surface area contributed by atoms with Crippen molar-refractivity contribution in [2.24, 2.45) is 5.73 Å². The molecule has 1 aromatic carbocycles. The Hall–Kier alpha value is -3.97. The number of hydrogen-bond donors (Lipinski definition) is 2. The van der Waals surface area contributed by atoms with Gasteiger partial charge in [0, 0.05) is 19.1 Å². The zero-order valence-electron chi connectivity index (χ0n) is 23.1. The number of piperidine rings is 1. The minimum atomic E-state index is -4.54. The van der Waals surface area contributed by atoms with Crippen molar-refractivity contribution >= 4 is 35.3 Å². The number of carbonyl (C=O) groups is 2. The number of nitrogens with zero attached hydrogens (tertiary/aromatic N) is 4. The van der Waals surface area contributed by atoms with Gasteiger partial charge in [0.25, 0.3) is 0 Å². The fourth-order valence-corrected chi connectivity index (χ4v) is 5.49. The number of benzene rings is 1. The number of nitrogens with one attached hydrogen (secondary N) is 1. The van der Waals surface area contributed by atoms with E-state index in [9.17, 15) is 28.0 Å². The summed E-state index contributed by atoms with van der Waals surface area (Å²) in [5, 5.41) is 11.9. The molecule has 1 saturated heterocycles. The van der Waals surface area contributed by atoms with Gasteiger partial charge in [-0.1, -0.05) is 30.8 Å². The van der Waals surface area contributed by atoms with Gasteiger partial charge in [-0.15, -0.1) is 0 Å². The molecule has 0 spiro atoms. The molecule has 1 aliphatic rings. The van der Waals surface area contributed by atoms with Gasteiger partial charge in [0.05, 0.1) is 17.7 Å². The zero-order valence-corrected chi connectivity index (χ0v) is 23.9. The predicted molar refractivity (Wildman–Crippen MR) is 148 cm³/mol. The Morgan fingerprint density at radius 2 is 1.88 bits per heavy atom. The molecule has 0 saturated carbocycles. The first kappa shape index (κ1) is 31.6. The van der Waals surface area contributed by atoms with Gasteiger partial charge in [0.1, 0.15) is 27.8 Å². The van der Waals surface area contributed by atoms with Crippen LogP contribution in [0.25, 0.3) is 4.85 Å². The highest BCUT2D eigenvalue weighted by molar-refractivity contribution is 8.00. The van der Waals surface area contributed by atoms with Crippen molar-refractivity contribution in [3.63, 3.8) is 0 Å². The maximum absolute atomic E-state index is 13.1. The number of nitrogens with two attached hydrogens (primary N) is 1. The van der Waals surface area contributed by atoms with Crippen LogP contribution in [0.2, 0.25) is 0 Å². The van der Waals surface area contributed by atoms with Gasteiger partial charge < -0.3 is 20.7 Å². The number of carbonyl (C=O) groups excluding carboxylic acids is 2. The topological polar surface area (TPSA) is 126 Å². The van der Waals surface area contributed by atoms with Crippen molar-refractivity contribution in [2.45, 2.75) is 75.1 Å². The average molecular weight is 589 g/mol. The van der Waals surface area contributed by atoms with Crippen molar-refractivity contribution in [1.82, 2.24) is 10.3 Å². The largest absolute Gasteiger partial charge is 0.444 e. The highest BCUT2D eigenvalue weighted by Crippen LogP contribution is 2.43. The minimum Gasteiger partial charge on any atom is -0.444 e. The highest BCUT2D eigenvalue weighted by Gasteiger charge is 2.32. The number of nitriles is 1. The molecule has 0 radical (unpaired) electrons. The van der Waals surface area contributed by atoms with E-state index in [4.69, 9.17) is 17.0 Å². The van der Waals surface area contributed by atoms with Crippen molar-refractivity contribution in [2.75, 3.05) is 18.0 Å². The van der Waals surface area contributed by atoms with Crippen LogP contribution in [0.15, 0.2) is 29.3 Å². The van der Waals surface area contributed by atoms with E-state index >= 15 is 0 Å². The quantitative estimate of drug-likeness (QED) is 0.305. The molecule has 2 aromatic rings. The second kappa shape index (κ2) is 12.7. The third-order valence-corrected chi connectivity index (χ3v) is 7.60. The van der Waals surface area contributed by atoms with Crippen molar-refractivity contribution in [3.05, 3.63) is 57.9 Å². The number of alkyl halides is 3. The van der Waals surface area contributed by atoms with E-state index in [-0.39, 0.29) is 27.9 Å². The number of amides is 2. The van der Waals surface area contributed by atoms with Crippen LogP contribution in [-0.4, -0.2) is 41.7 Å². The Morgan fingerprint density at radius 3 is 2.34 bits per heavy atom. The van der Waals surface area contributed by atoms with E-state index in [1.807, 2.05) is 4.90 Å². The van der Waals surface area contributed by atoms with Crippen LogP contribution < -0.4 is 16.0 Å². The van der Waals surface area contributed by atoms with Gasteiger partial charge in [-0.25, -0.2) is 14.6 Å². The number of ether oxygens (including phenoxy) is 1. The molecule has 3 N–H and O–H groups in total. The van der Waals surface area contributed by atoms with Crippen LogP contribution >= 0.6 is 11.8 Å². The third-order valence-electron chi connectivity index (χ3n) is 6.34. The Balaban J connectivity index is 1.93. The van der Waals surface area contributed by atoms with E-state index in [1.54, 1.807) is 27.7 Å². The van der Waals surface area contributed by atoms with Gasteiger partial charge in [-0.3, -0.25) is 4.79 Å². The Bertz CT molecular complexity index is 1370. The first-order valence-electron chi connectivity index (χ1n) is 12.9. The average Bonchev–Trinajstić information content (AvgIpc) is 2.89. The molecule has 1 atom stereocenters. The Kier molecular flexibility index (Phi) is 9.77. The van der Waals surface area contributed by atoms with Gasteiger partial charge in [-0.2, -0.15) is 18.4 Å². The summed E-state index contributed by atoms with van der Waals surface area (Å²) >= 11 is 0.863. The zero-order chi connectivity index (χ0) is 30.5. The maximum atomic E-state index is 13.1. The fourth-order valence-electron chi connectivity index (χ4n) is 4.43. The number of thioether (sulfide) groups is 1. The monoisotopic (exact) mass is 588 g/mol. The number of anilines is 1. The first-order valence-corrected chi connectivity index (χ1v) is 13.8. The SMILES string of the molecule is [C-]#[N+]c1c(N2CCC(NC(=O)OC(C)(C)C)CC2)nc(SC(C(N)=O)c2ccc(C(F)(F)F)cc2)c(C#N)c1CC. The molecular formula is C28H31F3N6O3S. The lowest BCUT2D eigenvalue weighted by Gasteiger charge is -2.34. The number of rotatable bonds is 7. The smallest absolute Gasteiger partial charge is 0.416 e. The fraction of sp³-hybridized carbons (Fsp3) is 0.464. The summed E-state index contributed by atoms with van der Waals surface area (Å²) in [6.45, 7) is 15.8. The first-order chi connectivity index (χ1) is 19.2. The molecule has 1 aromatic heterocycles. The van der Waals surface area contributed by atoms with Crippen molar-refractivity contribution < 1.29 is 27.5 Å². The van der Waals surface area contributed by atoms with E-state index in [0.717, 1.165) is 23.9 Å². The molecule has 9 nitrogen and oxygen atoms in total. The standard InChI is InChI=1S/C28H31F3N6O3S/c1-6-19-20(15-32)25(41-22(23(33)38)16-7-9-17(10-8-16)28(29,30)31)36-24(21(19)34-5)37-13-11-18(12-14-37)35-26(39)40-27(2,3)4/h7-10,18,22H,6,11-14H2,1-4H3,(H2,33,38)(H,35,39). The molecule has 1 aliphatic heterocycles. The lowest BCUT2D eigenvalue weighted by Crippen LogP contribution is -2.46. The van der Waals surface area contributed by atoms with Crippen LogP contribution in [-0.2, 0) is 22.1 Å². The maximum Gasteiger partial charge on any atom is 0.416 e. The Morgan fingerprint density at radius 1 is 1.27 bits per heavy atom. The highest BCUT2D eigenvalue weighted by atomic mass is 32.2.